The van der Waals surface area contributed by atoms with Gasteiger partial charge in [0.15, 0.2) is 0 Å². The van der Waals surface area contributed by atoms with E-state index in [1.807, 2.05) is 6.08 Å². The minimum absolute atomic E-state index is 0.178. The predicted molar refractivity (Wildman–Crippen MR) is 73.5 cm³/mol. The van der Waals surface area contributed by atoms with Gasteiger partial charge in [-0.3, -0.25) is 9.69 Å². The summed E-state index contributed by atoms with van der Waals surface area (Å²) in [5.74, 6) is -0.574. The van der Waals surface area contributed by atoms with Gasteiger partial charge in [0.05, 0.1) is 0 Å². The molecule has 3 nitrogen and oxygen atoms in total. The molecule has 0 aliphatic carbocycles. The fourth-order valence-electron chi connectivity index (χ4n) is 2.34. The van der Waals surface area contributed by atoms with E-state index in [-0.39, 0.29) is 17.8 Å². The topological polar surface area (TPSA) is 32.3 Å². The fraction of sp³-hybridized carbons (Fsp3) is 0.400. The number of halogens is 1. The zero-order valence-electron chi connectivity index (χ0n) is 10.9. The zero-order chi connectivity index (χ0) is 13.7. The fourth-order valence-corrected chi connectivity index (χ4v) is 2.34. The lowest BCUT2D eigenvalue weighted by atomic mass is 10.0. The van der Waals surface area contributed by atoms with E-state index in [0.717, 1.165) is 32.5 Å². The molecule has 1 fully saturated rings. The monoisotopic (exact) mass is 262 g/mol. The number of hydrogen-bond donors (Lipinski definition) is 1. The first kappa shape index (κ1) is 13.7. The SMILES string of the molecule is C=CCN1CCC(NC(=O)c2cccc(F)c2)CC1. The lowest BCUT2D eigenvalue weighted by molar-refractivity contribution is 0.0913. The largest absolute Gasteiger partial charge is 0.349 e. The van der Waals surface area contributed by atoms with Crippen molar-refractivity contribution in [3.05, 3.63) is 48.3 Å². The van der Waals surface area contributed by atoms with Crippen molar-refractivity contribution in [1.29, 1.82) is 0 Å². The van der Waals surface area contributed by atoms with E-state index in [1.54, 1.807) is 12.1 Å². The first-order valence-corrected chi connectivity index (χ1v) is 6.58. The van der Waals surface area contributed by atoms with Gasteiger partial charge in [0.25, 0.3) is 5.91 Å². The summed E-state index contributed by atoms with van der Waals surface area (Å²) in [6.07, 6.45) is 3.75. The number of nitrogens with one attached hydrogen (secondary N) is 1. The van der Waals surface area contributed by atoms with Crippen LogP contribution in [0.15, 0.2) is 36.9 Å². The van der Waals surface area contributed by atoms with Crippen LogP contribution < -0.4 is 5.32 Å². The van der Waals surface area contributed by atoms with E-state index in [9.17, 15) is 9.18 Å². The van der Waals surface area contributed by atoms with Crippen molar-refractivity contribution in [1.82, 2.24) is 10.2 Å². The molecule has 1 aliphatic heterocycles. The van der Waals surface area contributed by atoms with Crippen LogP contribution in [0.25, 0.3) is 0 Å². The Morgan fingerprint density at radius 1 is 1.47 bits per heavy atom. The number of amides is 1. The van der Waals surface area contributed by atoms with Gasteiger partial charge >= 0.3 is 0 Å². The molecule has 1 aromatic rings. The molecule has 2 rings (SSSR count). The van der Waals surface area contributed by atoms with E-state index >= 15 is 0 Å². The second-order valence-corrected chi connectivity index (χ2v) is 4.85. The molecule has 102 valence electrons. The molecular weight excluding hydrogens is 243 g/mol. The third-order valence-electron chi connectivity index (χ3n) is 3.40. The standard InChI is InChI=1S/C15H19FN2O/c1-2-8-18-9-6-14(7-10-18)17-15(19)12-4-3-5-13(16)11-12/h2-5,11,14H,1,6-10H2,(H,17,19). The number of piperidine rings is 1. The van der Waals surface area contributed by atoms with Gasteiger partial charge in [0.2, 0.25) is 0 Å². The van der Waals surface area contributed by atoms with Gasteiger partial charge in [-0.05, 0) is 31.0 Å². The summed E-state index contributed by atoms with van der Waals surface area (Å²) in [4.78, 5) is 14.3. The highest BCUT2D eigenvalue weighted by molar-refractivity contribution is 5.94. The molecule has 19 heavy (non-hydrogen) atoms. The lowest BCUT2D eigenvalue weighted by Gasteiger charge is -2.31. The van der Waals surface area contributed by atoms with E-state index in [0.29, 0.717) is 5.56 Å². The Balaban J connectivity index is 1.85. The van der Waals surface area contributed by atoms with Crippen molar-refractivity contribution in [2.45, 2.75) is 18.9 Å². The molecule has 1 saturated heterocycles. The second kappa shape index (κ2) is 6.48. The van der Waals surface area contributed by atoms with E-state index in [4.69, 9.17) is 0 Å². The van der Waals surface area contributed by atoms with Gasteiger partial charge in [-0.25, -0.2) is 4.39 Å². The average Bonchev–Trinajstić information content (AvgIpc) is 2.41. The maximum atomic E-state index is 13.0. The predicted octanol–water partition coefficient (Wildman–Crippen LogP) is 2.21. The van der Waals surface area contributed by atoms with Gasteiger partial charge in [0.1, 0.15) is 5.82 Å². The van der Waals surface area contributed by atoms with Crippen LogP contribution in [0.1, 0.15) is 23.2 Å². The van der Waals surface area contributed by atoms with E-state index < -0.39 is 0 Å². The normalized spacial score (nSPS) is 17.1. The van der Waals surface area contributed by atoms with Gasteiger partial charge < -0.3 is 5.32 Å². The van der Waals surface area contributed by atoms with Gasteiger partial charge in [-0.15, -0.1) is 6.58 Å². The molecule has 0 saturated carbocycles. The van der Waals surface area contributed by atoms with Crippen molar-refractivity contribution < 1.29 is 9.18 Å². The second-order valence-electron chi connectivity index (χ2n) is 4.85. The van der Waals surface area contributed by atoms with Crippen LogP contribution in [0.4, 0.5) is 4.39 Å². The van der Waals surface area contributed by atoms with E-state index in [1.165, 1.54) is 12.1 Å². The number of nitrogens with zero attached hydrogens (tertiary/aromatic N) is 1. The van der Waals surface area contributed by atoms with Crippen LogP contribution in [-0.2, 0) is 0 Å². The Hall–Kier alpha value is -1.68. The van der Waals surface area contributed by atoms with Crippen molar-refractivity contribution in [2.75, 3.05) is 19.6 Å². The summed E-state index contributed by atoms with van der Waals surface area (Å²) in [7, 11) is 0. The highest BCUT2D eigenvalue weighted by Gasteiger charge is 2.20. The number of likely N-dealkylation sites (tertiary alicyclic amines) is 1. The molecule has 1 aliphatic rings. The highest BCUT2D eigenvalue weighted by Crippen LogP contribution is 2.11. The van der Waals surface area contributed by atoms with Crippen LogP contribution >= 0.6 is 0 Å². The number of benzene rings is 1. The van der Waals surface area contributed by atoms with Crippen molar-refractivity contribution in [3.8, 4) is 0 Å². The Bertz CT molecular complexity index is 453. The van der Waals surface area contributed by atoms with Gasteiger partial charge in [0, 0.05) is 31.2 Å². The van der Waals surface area contributed by atoms with E-state index in [2.05, 4.69) is 16.8 Å². The molecule has 1 aromatic carbocycles. The molecular formula is C15H19FN2O. The van der Waals surface area contributed by atoms with Gasteiger partial charge in [-0.2, -0.15) is 0 Å². The Morgan fingerprint density at radius 2 is 2.21 bits per heavy atom. The minimum Gasteiger partial charge on any atom is -0.349 e. The number of carbonyl (C=O) groups is 1. The molecule has 1 amide bonds. The Morgan fingerprint density at radius 3 is 2.84 bits per heavy atom. The number of carbonyl (C=O) groups excluding carboxylic acids is 1. The Kier molecular flexibility index (Phi) is 4.68. The summed E-state index contributed by atoms with van der Waals surface area (Å²) >= 11 is 0. The molecule has 4 heteroatoms. The third-order valence-corrected chi connectivity index (χ3v) is 3.40. The maximum Gasteiger partial charge on any atom is 0.251 e. The van der Waals surface area contributed by atoms with Crippen LogP contribution in [0.2, 0.25) is 0 Å². The molecule has 0 radical (unpaired) electrons. The number of hydrogen-bond acceptors (Lipinski definition) is 2. The summed E-state index contributed by atoms with van der Waals surface area (Å²) in [6.45, 7) is 6.53. The summed E-state index contributed by atoms with van der Waals surface area (Å²) in [6, 6.07) is 5.96. The summed E-state index contributed by atoms with van der Waals surface area (Å²) in [5.41, 5.74) is 0.383. The van der Waals surface area contributed by atoms with Crippen molar-refractivity contribution in [2.24, 2.45) is 0 Å². The summed E-state index contributed by atoms with van der Waals surface area (Å²) in [5, 5.41) is 2.97. The van der Waals surface area contributed by atoms with Crippen LogP contribution in [-0.4, -0.2) is 36.5 Å². The zero-order valence-corrected chi connectivity index (χ0v) is 10.9. The smallest absolute Gasteiger partial charge is 0.251 e. The third kappa shape index (κ3) is 3.89. The molecule has 1 N–H and O–H groups in total. The average molecular weight is 262 g/mol. The van der Waals surface area contributed by atoms with Gasteiger partial charge in [-0.1, -0.05) is 12.1 Å². The molecule has 0 aromatic heterocycles. The molecule has 0 bridgehead atoms. The number of rotatable bonds is 4. The minimum atomic E-state index is -0.381. The lowest BCUT2D eigenvalue weighted by Crippen LogP contribution is -2.44. The summed E-state index contributed by atoms with van der Waals surface area (Å²) < 4.78 is 13.0. The molecule has 0 atom stereocenters. The quantitative estimate of drug-likeness (QED) is 0.844. The highest BCUT2D eigenvalue weighted by atomic mass is 19.1. The molecule has 0 unspecified atom stereocenters. The molecule has 1 heterocycles. The van der Waals surface area contributed by atoms with Crippen molar-refractivity contribution in [3.63, 3.8) is 0 Å². The maximum absolute atomic E-state index is 13.0. The Labute approximate surface area is 113 Å². The first-order valence-electron chi connectivity index (χ1n) is 6.58. The van der Waals surface area contributed by atoms with Crippen LogP contribution in [0.5, 0.6) is 0 Å². The van der Waals surface area contributed by atoms with Crippen LogP contribution in [0, 0.1) is 5.82 Å². The van der Waals surface area contributed by atoms with Crippen LogP contribution in [0.3, 0.4) is 0 Å². The first-order chi connectivity index (χ1) is 9.19. The molecule has 0 spiro atoms. The van der Waals surface area contributed by atoms with Crippen molar-refractivity contribution >= 4 is 5.91 Å².